The number of carboxylic acid groups (broad SMARTS) is 1. The van der Waals surface area contributed by atoms with E-state index in [4.69, 9.17) is 38.0 Å². The number of carboxylic acids is 1. The van der Waals surface area contributed by atoms with Crippen LogP contribution in [0.5, 0.6) is 5.75 Å². The molecule has 2 aromatic carbocycles. The van der Waals surface area contributed by atoms with Gasteiger partial charge in [0.1, 0.15) is 21.6 Å². The summed E-state index contributed by atoms with van der Waals surface area (Å²) in [4.78, 5) is 41.0. The van der Waals surface area contributed by atoms with Gasteiger partial charge in [-0.15, -0.1) is 0 Å². The monoisotopic (exact) mass is 513 g/mol. The molecule has 0 spiro atoms. The molecule has 35 heavy (non-hydrogen) atoms. The number of nitrogens with zero attached hydrogens (tertiary/aromatic N) is 2. The number of aromatic nitrogens is 2. The number of rotatable bonds is 7. The summed E-state index contributed by atoms with van der Waals surface area (Å²) < 4.78 is 7.48. The fourth-order valence-corrected chi connectivity index (χ4v) is 3.96. The van der Waals surface area contributed by atoms with Crippen LogP contribution >= 0.6 is 23.2 Å². The number of benzene rings is 2. The van der Waals surface area contributed by atoms with Crippen LogP contribution in [-0.2, 0) is 16.1 Å². The van der Waals surface area contributed by atoms with Gasteiger partial charge < -0.3 is 15.2 Å². The molecule has 8 nitrogen and oxygen atoms in total. The zero-order valence-corrected chi connectivity index (χ0v) is 20.2. The first-order valence-electron chi connectivity index (χ1n) is 10.9. The molecule has 1 amide bonds. The number of nitrogens with one attached hydrogen (secondary N) is 1. The fourth-order valence-electron chi connectivity index (χ4n) is 3.74. The third kappa shape index (κ3) is 5.08. The van der Waals surface area contributed by atoms with Gasteiger partial charge in [-0.05, 0) is 48.8 Å². The van der Waals surface area contributed by atoms with Crippen LogP contribution in [0, 0.1) is 0 Å². The lowest BCUT2D eigenvalue weighted by atomic mass is 10.1. The molecule has 1 aliphatic heterocycles. The van der Waals surface area contributed by atoms with Gasteiger partial charge in [0.15, 0.2) is 0 Å². The Labute approximate surface area is 210 Å². The van der Waals surface area contributed by atoms with Crippen LogP contribution in [0.3, 0.4) is 0 Å². The zero-order valence-electron chi connectivity index (χ0n) is 18.7. The van der Waals surface area contributed by atoms with Crippen LogP contribution in [0.15, 0.2) is 57.3 Å². The number of halogens is 2. The lowest BCUT2D eigenvalue weighted by molar-refractivity contribution is -0.132. The Morgan fingerprint density at radius 2 is 1.97 bits per heavy atom. The van der Waals surface area contributed by atoms with Crippen LogP contribution in [0.25, 0.3) is 22.6 Å². The second kappa shape index (κ2) is 10.3. The quantitative estimate of drug-likeness (QED) is 0.437. The number of carbonyl (C=O) groups excluding carboxylic acids is 1. The van der Waals surface area contributed by atoms with E-state index < -0.39 is 21.9 Å². The van der Waals surface area contributed by atoms with Crippen LogP contribution in [0.2, 0.25) is 0 Å². The third-order valence-corrected chi connectivity index (χ3v) is 6.20. The minimum Gasteiger partial charge on any atom is -0.493 e. The lowest BCUT2D eigenvalue weighted by Gasteiger charge is -2.10. The Balaban J connectivity index is 1.71. The average Bonchev–Trinajstić information content (AvgIpc) is 3.25. The van der Waals surface area contributed by atoms with Crippen molar-refractivity contribution in [2.45, 2.75) is 26.3 Å². The van der Waals surface area contributed by atoms with Gasteiger partial charge >= 0.3 is 5.97 Å². The van der Waals surface area contributed by atoms with Crippen molar-refractivity contribution in [3.63, 3.8) is 0 Å². The molecule has 0 atom stereocenters. The van der Waals surface area contributed by atoms with Gasteiger partial charge in [-0.25, -0.2) is 9.78 Å². The maximum Gasteiger partial charge on any atom is 0.349 e. The van der Waals surface area contributed by atoms with E-state index in [-0.39, 0.29) is 11.2 Å². The molecule has 180 valence electrons. The predicted molar refractivity (Wildman–Crippen MR) is 136 cm³/mol. The normalized spacial score (nSPS) is 14.5. The molecule has 0 aliphatic carbocycles. The van der Waals surface area contributed by atoms with Crippen LogP contribution in [0.1, 0.15) is 31.2 Å². The number of ether oxygens (including phenoxy) is 1. The number of hydrogen-bond donors (Lipinski definition) is 2. The summed E-state index contributed by atoms with van der Waals surface area (Å²) in [7, 11) is 0. The number of aliphatic carboxylic acids is 1. The number of carbonyl (C=O) groups is 2. The van der Waals surface area contributed by atoms with Crippen LogP contribution in [-0.4, -0.2) is 33.1 Å². The number of amides is 1. The molecule has 3 aromatic rings. The highest BCUT2D eigenvalue weighted by molar-refractivity contribution is 6.54. The van der Waals surface area contributed by atoms with Crippen LogP contribution < -0.4 is 15.6 Å². The first-order valence-corrected chi connectivity index (χ1v) is 11.6. The SMILES string of the molecule is CCCOc1ccccc1C=C1CCn2c1nc1cc(NC(=O)C(Cl)=C(Cl)C(=O)O)ccc1c2=O. The highest BCUT2D eigenvalue weighted by Gasteiger charge is 2.22. The summed E-state index contributed by atoms with van der Waals surface area (Å²) in [6.45, 7) is 3.15. The first-order chi connectivity index (χ1) is 16.8. The van der Waals surface area contributed by atoms with Crippen LogP contribution in [0.4, 0.5) is 5.69 Å². The van der Waals surface area contributed by atoms with E-state index in [9.17, 15) is 14.4 Å². The summed E-state index contributed by atoms with van der Waals surface area (Å²) in [5, 5.41) is 10.3. The second-order valence-corrected chi connectivity index (χ2v) is 8.57. The average molecular weight is 514 g/mol. The maximum atomic E-state index is 13.1. The Hall–Kier alpha value is -3.62. The van der Waals surface area contributed by atoms with Gasteiger partial charge in [-0.3, -0.25) is 14.2 Å². The van der Waals surface area contributed by atoms with Gasteiger partial charge in [0.05, 0.1) is 17.5 Å². The van der Waals surface area contributed by atoms with Gasteiger partial charge in [-0.1, -0.05) is 48.3 Å². The molecule has 10 heteroatoms. The van der Waals surface area contributed by atoms with E-state index >= 15 is 0 Å². The van der Waals surface area contributed by atoms with Crippen molar-refractivity contribution in [1.82, 2.24) is 9.55 Å². The molecule has 0 bridgehead atoms. The molecular formula is C25H21Cl2N3O5. The summed E-state index contributed by atoms with van der Waals surface area (Å²) in [6, 6.07) is 12.3. The molecule has 1 aromatic heterocycles. The predicted octanol–water partition coefficient (Wildman–Crippen LogP) is 4.84. The minimum absolute atomic E-state index is 0.186. The number of fused-ring (bicyclic) bond motifs is 2. The maximum absolute atomic E-state index is 13.1. The van der Waals surface area contributed by atoms with Crippen molar-refractivity contribution >= 4 is 63.3 Å². The number of anilines is 1. The molecular weight excluding hydrogens is 493 g/mol. The van der Waals surface area contributed by atoms with E-state index in [0.29, 0.717) is 36.3 Å². The molecule has 2 heterocycles. The molecule has 0 saturated carbocycles. The van der Waals surface area contributed by atoms with Gasteiger partial charge in [0.25, 0.3) is 11.5 Å². The Morgan fingerprint density at radius 3 is 2.71 bits per heavy atom. The van der Waals surface area contributed by atoms with Crippen molar-refractivity contribution in [2.75, 3.05) is 11.9 Å². The van der Waals surface area contributed by atoms with Crippen molar-refractivity contribution in [1.29, 1.82) is 0 Å². The molecule has 0 fully saturated rings. The van der Waals surface area contributed by atoms with Crippen molar-refractivity contribution < 1.29 is 19.4 Å². The smallest absolute Gasteiger partial charge is 0.349 e. The first kappa shape index (κ1) is 24.5. The Bertz CT molecular complexity index is 1460. The van der Waals surface area contributed by atoms with E-state index in [2.05, 4.69) is 5.32 Å². The highest BCUT2D eigenvalue weighted by atomic mass is 35.5. The van der Waals surface area contributed by atoms with Gasteiger partial charge in [0, 0.05) is 17.8 Å². The zero-order chi connectivity index (χ0) is 25.1. The topological polar surface area (TPSA) is 111 Å². The van der Waals surface area contributed by atoms with Crippen molar-refractivity contribution in [3.8, 4) is 5.75 Å². The number of hydrogen-bond acceptors (Lipinski definition) is 5. The van der Waals surface area contributed by atoms with Crippen molar-refractivity contribution in [3.05, 3.63) is 74.3 Å². The molecule has 0 saturated heterocycles. The van der Waals surface area contributed by atoms with E-state index in [0.717, 1.165) is 23.3 Å². The molecule has 1 aliphatic rings. The number of allylic oxidation sites excluding steroid dienone is 1. The van der Waals surface area contributed by atoms with E-state index in [1.807, 2.05) is 37.3 Å². The summed E-state index contributed by atoms with van der Waals surface area (Å²) in [5.41, 5.74) is 2.27. The molecule has 4 rings (SSSR count). The largest absolute Gasteiger partial charge is 0.493 e. The van der Waals surface area contributed by atoms with E-state index in [1.165, 1.54) is 12.1 Å². The van der Waals surface area contributed by atoms with E-state index in [1.54, 1.807) is 10.6 Å². The second-order valence-electron chi connectivity index (χ2n) is 7.82. The standard InChI is InChI=1S/C25H21Cl2N3O5/c1-2-11-35-19-6-4-3-5-14(19)12-15-9-10-30-22(15)29-18-13-16(7-8-17(18)24(30)32)28-23(31)20(26)21(27)25(33)34/h3-8,12-13H,2,9-11H2,1H3,(H,28,31)(H,33,34). The summed E-state index contributed by atoms with van der Waals surface area (Å²) in [5.74, 6) is -1.10. The lowest BCUT2D eigenvalue weighted by Crippen LogP contribution is -2.21. The summed E-state index contributed by atoms with van der Waals surface area (Å²) in [6.07, 6.45) is 3.50. The Morgan fingerprint density at radius 1 is 1.20 bits per heavy atom. The summed E-state index contributed by atoms with van der Waals surface area (Å²) >= 11 is 11.3. The number of para-hydroxylation sites is 1. The fraction of sp³-hybridized carbons (Fsp3) is 0.200. The molecule has 2 N–H and O–H groups in total. The third-order valence-electron chi connectivity index (χ3n) is 5.40. The minimum atomic E-state index is -1.52. The molecule has 0 radical (unpaired) electrons. The Kier molecular flexibility index (Phi) is 7.23. The van der Waals surface area contributed by atoms with Gasteiger partial charge in [-0.2, -0.15) is 0 Å². The van der Waals surface area contributed by atoms with Gasteiger partial charge in [0.2, 0.25) is 0 Å². The molecule has 0 unspecified atom stereocenters. The highest BCUT2D eigenvalue weighted by Crippen LogP contribution is 2.31. The van der Waals surface area contributed by atoms with Crippen molar-refractivity contribution in [2.24, 2.45) is 0 Å².